The van der Waals surface area contributed by atoms with Crippen LogP contribution in [-0.4, -0.2) is 44.0 Å². The smallest absolute Gasteiger partial charge is 0.273 e. The summed E-state index contributed by atoms with van der Waals surface area (Å²) in [4.78, 5) is 30.5. The number of nitro benzene ring substituents is 1. The van der Waals surface area contributed by atoms with Gasteiger partial charge >= 0.3 is 0 Å². The first-order valence-corrected chi connectivity index (χ1v) is 13.9. The van der Waals surface area contributed by atoms with Gasteiger partial charge in [-0.1, -0.05) is 23.8 Å². The van der Waals surface area contributed by atoms with Crippen molar-refractivity contribution in [1.29, 1.82) is 0 Å². The maximum Gasteiger partial charge on any atom is 0.273 e. The highest BCUT2D eigenvalue weighted by molar-refractivity contribution is 7.80. The molecule has 2 aromatic carbocycles. The summed E-state index contributed by atoms with van der Waals surface area (Å²) >= 11 is 5.81. The van der Waals surface area contributed by atoms with E-state index in [-0.39, 0.29) is 30.1 Å². The zero-order valence-electron chi connectivity index (χ0n) is 23.8. The lowest BCUT2D eigenvalue weighted by atomic mass is 9.96. The minimum atomic E-state index is -0.442. The van der Waals surface area contributed by atoms with E-state index in [1.54, 1.807) is 12.3 Å². The number of carbonyl (C=O) groups is 1. The third kappa shape index (κ3) is 5.68. The monoisotopic (exact) mass is 584 g/mol. The number of methoxy groups -OCH3 is 1. The fourth-order valence-electron chi connectivity index (χ4n) is 5.49. The Balaban J connectivity index is 1.50. The molecule has 0 saturated carbocycles. The molecule has 4 aromatic rings. The van der Waals surface area contributed by atoms with Crippen LogP contribution in [0.4, 0.5) is 11.4 Å². The largest absolute Gasteiger partial charge is 0.494 e. The van der Waals surface area contributed by atoms with E-state index in [1.165, 1.54) is 19.2 Å². The van der Waals surface area contributed by atoms with Crippen molar-refractivity contribution in [3.05, 3.63) is 111 Å². The number of anilines is 1. The van der Waals surface area contributed by atoms with E-state index >= 15 is 0 Å². The number of benzene rings is 2. The van der Waals surface area contributed by atoms with Gasteiger partial charge < -0.3 is 24.8 Å². The summed E-state index contributed by atoms with van der Waals surface area (Å²) in [6, 6.07) is 19.6. The molecule has 1 aliphatic rings. The van der Waals surface area contributed by atoms with Gasteiger partial charge in [-0.2, -0.15) is 0 Å². The van der Waals surface area contributed by atoms with Gasteiger partial charge in [-0.15, -0.1) is 0 Å². The molecule has 0 radical (unpaired) electrons. The number of carbonyl (C=O) groups excluding carboxylic acids is 1. The number of non-ortho nitro benzene ring substituents is 1. The Kier molecular flexibility index (Phi) is 8.21. The summed E-state index contributed by atoms with van der Waals surface area (Å²) in [5.74, 6) is 0.284. The van der Waals surface area contributed by atoms with Crippen LogP contribution >= 0.6 is 12.2 Å². The van der Waals surface area contributed by atoms with Gasteiger partial charge in [0.15, 0.2) is 5.11 Å². The number of aryl methyl sites for hydroxylation is 2. The summed E-state index contributed by atoms with van der Waals surface area (Å²) in [7, 11) is 1.50. The van der Waals surface area contributed by atoms with Gasteiger partial charge in [0.05, 0.1) is 41.6 Å². The summed E-state index contributed by atoms with van der Waals surface area (Å²) in [6.07, 6.45) is 1.98. The van der Waals surface area contributed by atoms with Gasteiger partial charge in [0.1, 0.15) is 5.75 Å². The van der Waals surface area contributed by atoms with Crippen LogP contribution in [-0.2, 0) is 4.79 Å². The number of nitro groups is 1. The van der Waals surface area contributed by atoms with E-state index in [0.29, 0.717) is 23.1 Å². The predicted octanol–water partition coefficient (Wildman–Crippen LogP) is 5.72. The van der Waals surface area contributed by atoms with Crippen molar-refractivity contribution < 1.29 is 14.5 Å². The molecule has 0 aliphatic carbocycles. The predicted molar refractivity (Wildman–Crippen MR) is 165 cm³/mol. The zero-order chi connectivity index (χ0) is 30.0. The van der Waals surface area contributed by atoms with Crippen LogP contribution in [0.5, 0.6) is 5.75 Å². The molecule has 2 N–H and O–H groups in total. The Morgan fingerprint density at radius 3 is 2.55 bits per heavy atom. The second kappa shape index (κ2) is 12.0. The molecule has 2 atom stereocenters. The van der Waals surface area contributed by atoms with Crippen molar-refractivity contribution in [1.82, 2.24) is 19.8 Å². The number of rotatable bonds is 9. The third-order valence-corrected chi connectivity index (χ3v) is 7.87. The molecule has 1 aliphatic heterocycles. The molecule has 216 valence electrons. The first-order chi connectivity index (χ1) is 20.2. The first-order valence-electron chi connectivity index (χ1n) is 13.5. The average molecular weight is 585 g/mol. The Labute approximate surface area is 249 Å². The third-order valence-electron chi connectivity index (χ3n) is 7.52. The summed E-state index contributed by atoms with van der Waals surface area (Å²) in [6.45, 7) is 6.37. The van der Waals surface area contributed by atoms with Crippen LogP contribution in [0.2, 0.25) is 0 Å². The van der Waals surface area contributed by atoms with Gasteiger partial charge in [0.2, 0.25) is 5.91 Å². The Hall–Kier alpha value is -4.77. The molecule has 0 spiro atoms. The number of aromatic nitrogens is 2. The van der Waals surface area contributed by atoms with E-state index in [0.717, 1.165) is 33.9 Å². The lowest BCUT2D eigenvalue weighted by Crippen LogP contribution is -2.32. The molecule has 42 heavy (non-hydrogen) atoms. The SMILES string of the molecule is COc1cc([N+](=O)[O-])ccc1-n1c(C)cc([C@H]2[C@H](c3ccccn3)NC(=S)N2CCC(=O)Nc2ccc(C)cc2)c1C. The van der Waals surface area contributed by atoms with Crippen LogP contribution < -0.4 is 15.4 Å². The average Bonchev–Trinajstić information content (AvgIpc) is 3.47. The Bertz CT molecular complexity index is 1640. The van der Waals surface area contributed by atoms with E-state index < -0.39 is 4.92 Å². The van der Waals surface area contributed by atoms with Gasteiger partial charge in [0, 0.05) is 42.3 Å². The lowest BCUT2D eigenvalue weighted by molar-refractivity contribution is -0.384. The fourth-order valence-corrected chi connectivity index (χ4v) is 5.82. The Morgan fingerprint density at radius 2 is 1.88 bits per heavy atom. The summed E-state index contributed by atoms with van der Waals surface area (Å²) in [5, 5.41) is 18.3. The maximum absolute atomic E-state index is 12.9. The molecule has 0 unspecified atom stereocenters. The van der Waals surface area contributed by atoms with Crippen molar-refractivity contribution in [2.45, 2.75) is 39.3 Å². The molecule has 0 bridgehead atoms. The molecule has 1 saturated heterocycles. The van der Waals surface area contributed by atoms with Crippen molar-refractivity contribution in [3.63, 3.8) is 0 Å². The zero-order valence-corrected chi connectivity index (χ0v) is 24.6. The summed E-state index contributed by atoms with van der Waals surface area (Å²) < 4.78 is 7.59. The highest BCUT2D eigenvalue weighted by Crippen LogP contribution is 2.42. The maximum atomic E-state index is 12.9. The van der Waals surface area contributed by atoms with Crippen LogP contribution in [0.15, 0.2) is 72.9 Å². The van der Waals surface area contributed by atoms with Crippen LogP contribution in [0.25, 0.3) is 5.69 Å². The lowest BCUT2D eigenvalue weighted by Gasteiger charge is -2.28. The highest BCUT2D eigenvalue weighted by atomic mass is 32.1. The van der Waals surface area contributed by atoms with E-state index in [2.05, 4.69) is 21.7 Å². The standard InChI is InChI=1S/C31H32N6O4S/c1-19-8-10-22(11-9-19)33-28(38)14-16-35-30(29(34-31(35)42)25-7-5-6-15-32-25)24-17-20(2)36(21(24)3)26-13-12-23(37(39)40)18-27(26)41-4/h5-13,15,17-18,29-30H,14,16H2,1-4H3,(H,33,38)(H,34,42)/t29-,30-/m0/s1. The minimum Gasteiger partial charge on any atom is -0.494 e. The summed E-state index contributed by atoms with van der Waals surface area (Å²) in [5.41, 5.74) is 6.18. The van der Waals surface area contributed by atoms with E-state index in [1.807, 2.05) is 72.7 Å². The molecule has 1 amide bonds. The molecule has 3 heterocycles. The normalized spacial score (nSPS) is 16.3. The number of hydrogen-bond donors (Lipinski definition) is 2. The number of thiocarbonyl (C=S) groups is 1. The van der Waals surface area contributed by atoms with Crippen LogP contribution in [0.3, 0.4) is 0 Å². The number of ether oxygens (including phenoxy) is 1. The number of nitrogens with zero attached hydrogens (tertiary/aromatic N) is 4. The molecule has 10 nitrogen and oxygen atoms in total. The van der Waals surface area contributed by atoms with Crippen molar-refractivity contribution >= 4 is 34.6 Å². The number of amides is 1. The fraction of sp³-hybridized carbons (Fsp3) is 0.258. The van der Waals surface area contributed by atoms with Crippen LogP contribution in [0, 0.1) is 30.9 Å². The topological polar surface area (TPSA) is 115 Å². The first kappa shape index (κ1) is 28.7. The number of hydrogen-bond acceptors (Lipinski definition) is 6. The quantitative estimate of drug-likeness (QED) is 0.146. The number of nitrogens with one attached hydrogen (secondary N) is 2. The van der Waals surface area contributed by atoms with E-state index in [9.17, 15) is 14.9 Å². The van der Waals surface area contributed by atoms with Gasteiger partial charge in [-0.05, 0) is 75.0 Å². The molecule has 11 heteroatoms. The van der Waals surface area contributed by atoms with E-state index in [4.69, 9.17) is 17.0 Å². The molecule has 2 aromatic heterocycles. The molecule has 5 rings (SSSR count). The second-order valence-electron chi connectivity index (χ2n) is 10.3. The van der Waals surface area contributed by atoms with Crippen molar-refractivity contribution in [2.75, 3.05) is 19.0 Å². The highest BCUT2D eigenvalue weighted by Gasteiger charge is 2.41. The second-order valence-corrected chi connectivity index (χ2v) is 10.6. The van der Waals surface area contributed by atoms with Crippen LogP contribution in [0.1, 0.15) is 46.7 Å². The van der Waals surface area contributed by atoms with Gasteiger partial charge in [-0.25, -0.2) is 0 Å². The van der Waals surface area contributed by atoms with Crippen molar-refractivity contribution in [3.8, 4) is 11.4 Å². The molecular formula is C31H32N6O4S. The molecular weight excluding hydrogens is 552 g/mol. The van der Waals surface area contributed by atoms with Gasteiger partial charge in [-0.3, -0.25) is 19.9 Å². The van der Waals surface area contributed by atoms with Gasteiger partial charge in [0.25, 0.3) is 5.69 Å². The minimum absolute atomic E-state index is 0.0473. The Morgan fingerprint density at radius 1 is 1.12 bits per heavy atom. The molecule has 1 fully saturated rings. The van der Waals surface area contributed by atoms with Crippen molar-refractivity contribution in [2.24, 2.45) is 0 Å². The number of pyridine rings is 1.